The maximum absolute atomic E-state index is 9.60. The Labute approximate surface area is 86.3 Å². The number of piperidine rings is 1. The lowest BCUT2D eigenvalue weighted by molar-refractivity contribution is 0.0860. The Balaban J connectivity index is 1.47. The molecule has 0 amide bonds. The largest absolute Gasteiger partial charge is 0.393 e. The van der Waals surface area contributed by atoms with Gasteiger partial charge in [-0.1, -0.05) is 6.42 Å². The van der Waals surface area contributed by atoms with Crippen molar-refractivity contribution in [3.8, 4) is 0 Å². The minimum Gasteiger partial charge on any atom is -0.393 e. The Morgan fingerprint density at radius 2 is 1.86 bits per heavy atom. The van der Waals surface area contributed by atoms with Crippen LogP contribution in [0.1, 0.15) is 32.1 Å². The first kappa shape index (κ1) is 9.17. The van der Waals surface area contributed by atoms with E-state index in [1.165, 1.54) is 38.9 Å². The number of likely N-dealkylation sites (tertiary alicyclic amines) is 1. The average molecular weight is 195 g/mol. The molecule has 2 heteroatoms. The number of fused-ring (bicyclic) bond motifs is 1. The van der Waals surface area contributed by atoms with E-state index in [0.29, 0.717) is 0 Å². The second-order valence-electron chi connectivity index (χ2n) is 5.66. The van der Waals surface area contributed by atoms with E-state index in [1.54, 1.807) is 0 Å². The molecule has 2 saturated carbocycles. The van der Waals surface area contributed by atoms with Crippen molar-refractivity contribution in [1.82, 2.24) is 4.90 Å². The topological polar surface area (TPSA) is 23.5 Å². The molecule has 4 atom stereocenters. The molecule has 0 spiro atoms. The normalized spacial score (nSPS) is 47.8. The van der Waals surface area contributed by atoms with Gasteiger partial charge in [0.15, 0.2) is 0 Å². The molecule has 0 bridgehead atoms. The lowest BCUT2D eigenvalue weighted by Gasteiger charge is -2.30. The molecule has 3 rings (SSSR count). The third kappa shape index (κ3) is 1.82. The molecule has 0 radical (unpaired) electrons. The summed E-state index contributed by atoms with van der Waals surface area (Å²) in [7, 11) is 0. The summed E-state index contributed by atoms with van der Waals surface area (Å²) in [5.41, 5.74) is 0. The number of aliphatic hydroxyl groups excluding tert-OH is 1. The van der Waals surface area contributed by atoms with Gasteiger partial charge in [-0.25, -0.2) is 0 Å². The second kappa shape index (κ2) is 3.49. The van der Waals surface area contributed by atoms with Crippen molar-refractivity contribution < 1.29 is 5.11 Å². The van der Waals surface area contributed by atoms with Gasteiger partial charge < -0.3 is 10.0 Å². The van der Waals surface area contributed by atoms with E-state index in [9.17, 15) is 5.11 Å². The molecule has 0 aromatic carbocycles. The van der Waals surface area contributed by atoms with Gasteiger partial charge in [-0.05, 0) is 43.4 Å². The molecule has 3 aliphatic rings. The molecule has 1 N–H and O–H groups in total. The third-order valence-corrected chi connectivity index (χ3v) is 4.33. The fraction of sp³-hybridized carbons (Fsp3) is 1.00. The van der Waals surface area contributed by atoms with Crippen LogP contribution in [-0.2, 0) is 0 Å². The minimum absolute atomic E-state index is 0.00545. The van der Waals surface area contributed by atoms with Crippen LogP contribution in [0.15, 0.2) is 0 Å². The van der Waals surface area contributed by atoms with Crippen molar-refractivity contribution in [2.24, 2.45) is 17.8 Å². The molecule has 1 aliphatic heterocycles. The van der Waals surface area contributed by atoms with E-state index >= 15 is 0 Å². The van der Waals surface area contributed by atoms with Crippen molar-refractivity contribution in [2.45, 2.75) is 38.2 Å². The van der Waals surface area contributed by atoms with Crippen molar-refractivity contribution in [1.29, 1.82) is 0 Å². The highest BCUT2D eigenvalue weighted by molar-refractivity contribution is 4.97. The van der Waals surface area contributed by atoms with Crippen molar-refractivity contribution in [3.05, 3.63) is 0 Å². The maximum atomic E-state index is 9.60. The standard InChI is InChI=1S/C12H21NO/c14-12-3-1-2-9(4-12)6-13-7-10-5-11(10)8-13/h9-12,14H,1-8H2. The Hall–Kier alpha value is -0.0800. The highest BCUT2D eigenvalue weighted by Crippen LogP contribution is 2.45. The maximum Gasteiger partial charge on any atom is 0.0543 e. The second-order valence-corrected chi connectivity index (χ2v) is 5.66. The molecule has 1 saturated heterocycles. The van der Waals surface area contributed by atoms with Gasteiger partial charge in [0.1, 0.15) is 0 Å². The number of nitrogens with zero attached hydrogens (tertiary/aromatic N) is 1. The predicted molar refractivity (Wildman–Crippen MR) is 56.0 cm³/mol. The first-order valence-corrected chi connectivity index (χ1v) is 6.21. The van der Waals surface area contributed by atoms with Gasteiger partial charge in [0, 0.05) is 19.6 Å². The molecule has 0 aromatic rings. The zero-order valence-corrected chi connectivity index (χ0v) is 8.86. The van der Waals surface area contributed by atoms with Crippen LogP contribution in [0.2, 0.25) is 0 Å². The van der Waals surface area contributed by atoms with E-state index in [4.69, 9.17) is 0 Å². The van der Waals surface area contributed by atoms with Gasteiger partial charge >= 0.3 is 0 Å². The molecule has 2 nitrogen and oxygen atoms in total. The summed E-state index contributed by atoms with van der Waals surface area (Å²) in [6.45, 7) is 3.98. The fourth-order valence-electron chi connectivity index (χ4n) is 3.44. The molecule has 4 unspecified atom stereocenters. The third-order valence-electron chi connectivity index (χ3n) is 4.33. The number of aliphatic hydroxyl groups is 1. The lowest BCUT2D eigenvalue weighted by Crippen LogP contribution is -2.32. The van der Waals surface area contributed by atoms with Crippen molar-refractivity contribution >= 4 is 0 Å². The van der Waals surface area contributed by atoms with Crippen molar-refractivity contribution in [3.63, 3.8) is 0 Å². The summed E-state index contributed by atoms with van der Waals surface area (Å²) >= 11 is 0. The number of hydrogen-bond acceptors (Lipinski definition) is 2. The van der Waals surface area contributed by atoms with Crippen LogP contribution in [0, 0.1) is 17.8 Å². The lowest BCUT2D eigenvalue weighted by atomic mass is 9.87. The van der Waals surface area contributed by atoms with Gasteiger partial charge in [-0.15, -0.1) is 0 Å². The summed E-state index contributed by atoms with van der Waals surface area (Å²) < 4.78 is 0. The fourth-order valence-corrected chi connectivity index (χ4v) is 3.44. The monoisotopic (exact) mass is 195 g/mol. The smallest absolute Gasteiger partial charge is 0.0543 e. The predicted octanol–water partition coefficient (Wildman–Crippen LogP) is 1.49. The molecule has 1 heterocycles. The quantitative estimate of drug-likeness (QED) is 0.721. The van der Waals surface area contributed by atoms with Crippen LogP contribution in [-0.4, -0.2) is 35.7 Å². The average Bonchev–Trinajstić information content (AvgIpc) is 2.74. The van der Waals surface area contributed by atoms with E-state index in [1.807, 2.05) is 0 Å². The number of rotatable bonds is 2. The van der Waals surface area contributed by atoms with E-state index in [2.05, 4.69) is 4.90 Å². The first-order chi connectivity index (χ1) is 6.81. The summed E-state index contributed by atoms with van der Waals surface area (Å²) in [6, 6.07) is 0. The van der Waals surface area contributed by atoms with E-state index < -0.39 is 0 Å². The molecule has 3 fully saturated rings. The Morgan fingerprint density at radius 1 is 1.07 bits per heavy atom. The molecular formula is C12H21NO. The van der Waals surface area contributed by atoms with Gasteiger partial charge in [0.2, 0.25) is 0 Å². The van der Waals surface area contributed by atoms with Crippen LogP contribution in [0.5, 0.6) is 0 Å². The summed E-state index contributed by atoms with van der Waals surface area (Å²) in [4.78, 5) is 2.64. The zero-order chi connectivity index (χ0) is 9.54. The Kier molecular flexibility index (Phi) is 2.29. The minimum atomic E-state index is 0.00545. The SMILES string of the molecule is OC1CCCC(CN2CC3CC3C2)C1. The molecular weight excluding hydrogens is 174 g/mol. The highest BCUT2D eigenvalue weighted by Gasteiger charge is 2.45. The van der Waals surface area contributed by atoms with E-state index in [-0.39, 0.29) is 6.10 Å². The van der Waals surface area contributed by atoms with Crippen LogP contribution in [0.3, 0.4) is 0 Å². The molecule has 2 aliphatic carbocycles. The van der Waals surface area contributed by atoms with Crippen LogP contribution >= 0.6 is 0 Å². The number of hydrogen-bond donors (Lipinski definition) is 1. The Bertz CT molecular complexity index is 208. The molecule has 14 heavy (non-hydrogen) atoms. The van der Waals surface area contributed by atoms with Gasteiger partial charge in [-0.3, -0.25) is 0 Å². The highest BCUT2D eigenvalue weighted by atomic mass is 16.3. The van der Waals surface area contributed by atoms with Crippen molar-refractivity contribution in [2.75, 3.05) is 19.6 Å². The van der Waals surface area contributed by atoms with E-state index in [0.717, 1.165) is 30.6 Å². The van der Waals surface area contributed by atoms with Crippen LogP contribution < -0.4 is 0 Å². The Morgan fingerprint density at radius 3 is 2.57 bits per heavy atom. The molecule has 0 aromatic heterocycles. The zero-order valence-electron chi connectivity index (χ0n) is 8.86. The summed E-state index contributed by atoms with van der Waals surface area (Å²) in [6.07, 6.45) is 6.21. The van der Waals surface area contributed by atoms with Gasteiger partial charge in [0.25, 0.3) is 0 Å². The summed E-state index contributed by atoms with van der Waals surface area (Å²) in [5, 5.41) is 9.60. The van der Waals surface area contributed by atoms with Gasteiger partial charge in [0.05, 0.1) is 6.10 Å². The van der Waals surface area contributed by atoms with Crippen LogP contribution in [0.4, 0.5) is 0 Å². The summed E-state index contributed by atoms with van der Waals surface area (Å²) in [5.74, 6) is 2.91. The van der Waals surface area contributed by atoms with Crippen LogP contribution in [0.25, 0.3) is 0 Å². The molecule has 80 valence electrons. The van der Waals surface area contributed by atoms with Gasteiger partial charge in [-0.2, -0.15) is 0 Å². The first-order valence-electron chi connectivity index (χ1n) is 6.21.